The lowest BCUT2D eigenvalue weighted by Gasteiger charge is -1.97. The zero-order valence-corrected chi connectivity index (χ0v) is 6.57. The predicted molar refractivity (Wildman–Crippen MR) is 43.5 cm³/mol. The van der Waals surface area contributed by atoms with E-state index in [1.807, 2.05) is 7.05 Å². The summed E-state index contributed by atoms with van der Waals surface area (Å²) in [4.78, 5) is 0. The number of nitrogens with zero attached hydrogens (tertiary/aromatic N) is 1. The highest BCUT2D eigenvalue weighted by molar-refractivity contribution is 5.56. The number of aromatic amines is 1. The van der Waals surface area contributed by atoms with Crippen molar-refractivity contribution < 1.29 is 0 Å². The van der Waals surface area contributed by atoms with Crippen LogP contribution >= 0.6 is 0 Å². The summed E-state index contributed by atoms with van der Waals surface area (Å²) in [6.45, 7) is 1.87. The van der Waals surface area contributed by atoms with Gasteiger partial charge in [-0.15, -0.1) is 0 Å². The third kappa shape index (κ3) is 0.991. The summed E-state index contributed by atoms with van der Waals surface area (Å²) in [6.07, 6.45) is 1.08. The van der Waals surface area contributed by atoms with Crippen LogP contribution in [-0.4, -0.2) is 23.8 Å². The third-order valence-electron chi connectivity index (χ3n) is 1.94. The van der Waals surface area contributed by atoms with Crippen molar-refractivity contribution in [3.63, 3.8) is 0 Å². The maximum Gasteiger partial charge on any atom is 0.0993 e. The molecule has 11 heavy (non-hydrogen) atoms. The molecular weight excluding hydrogens is 140 g/mol. The number of hydrogen-bond acceptors (Lipinski definition) is 3. The van der Waals surface area contributed by atoms with E-state index in [1.165, 1.54) is 11.4 Å². The Morgan fingerprint density at radius 1 is 1.64 bits per heavy atom. The second-order valence-electron chi connectivity index (χ2n) is 2.73. The molecular formula is C7H12N4. The second kappa shape index (κ2) is 2.54. The first-order valence-corrected chi connectivity index (χ1v) is 3.86. The lowest BCUT2D eigenvalue weighted by Crippen LogP contribution is -2.07. The topological polar surface area (TPSA) is 52.7 Å². The van der Waals surface area contributed by atoms with E-state index >= 15 is 0 Å². The van der Waals surface area contributed by atoms with E-state index in [-0.39, 0.29) is 0 Å². The van der Waals surface area contributed by atoms with Crippen molar-refractivity contribution in [3.05, 3.63) is 11.4 Å². The van der Waals surface area contributed by atoms with Gasteiger partial charge in [0.2, 0.25) is 0 Å². The van der Waals surface area contributed by atoms with E-state index in [0.29, 0.717) is 0 Å². The van der Waals surface area contributed by atoms with Gasteiger partial charge in [-0.1, -0.05) is 0 Å². The minimum Gasteiger partial charge on any atom is -0.382 e. The van der Waals surface area contributed by atoms with Gasteiger partial charge in [0.15, 0.2) is 0 Å². The molecule has 0 unspecified atom stereocenters. The maximum atomic E-state index is 4.18. The minimum atomic E-state index is 0.832. The number of anilines is 1. The molecule has 4 heteroatoms. The van der Waals surface area contributed by atoms with Crippen LogP contribution in [-0.2, 0) is 13.0 Å². The van der Waals surface area contributed by atoms with Crippen LogP contribution < -0.4 is 10.6 Å². The summed E-state index contributed by atoms with van der Waals surface area (Å²) in [5.41, 5.74) is 3.55. The summed E-state index contributed by atoms with van der Waals surface area (Å²) >= 11 is 0. The molecule has 0 aliphatic carbocycles. The molecule has 0 spiro atoms. The van der Waals surface area contributed by atoms with Crippen LogP contribution in [0.2, 0.25) is 0 Å². The monoisotopic (exact) mass is 152 g/mol. The molecule has 1 aromatic heterocycles. The first-order chi connectivity index (χ1) is 5.42. The molecule has 60 valence electrons. The van der Waals surface area contributed by atoms with Crippen LogP contribution in [0.1, 0.15) is 11.4 Å². The molecule has 0 bridgehead atoms. The summed E-state index contributed by atoms with van der Waals surface area (Å²) in [5.74, 6) is 0. The number of aromatic nitrogens is 2. The van der Waals surface area contributed by atoms with Crippen molar-refractivity contribution in [1.29, 1.82) is 0 Å². The molecule has 0 aromatic carbocycles. The molecule has 0 atom stereocenters. The number of rotatable bonds is 2. The molecule has 1 aliphatic rings. The normalized spacial score (nSPS) is 14.6. The van der Waals surface area contributed by atoms with Crippen LogP contribution in [0.15, 0.2) is 0 Å². The number of fused-ring (bicyclic) bond motifs is 1. The Hall–Kier alpha value is -1.03. The highest BCUT2D eigenvalue weighted by Crippen LogP contribution is 2.22. The van der Waals surface area contributed by atoms with Crippen molar-refractivity contribution in [2.75, 3.05) is 18.9 Å². The average Bonchev–Trinajstić information content (AvgIpc) is 2.53. The standard InChI is InChI=1S/C7H12N4/c1-8-4-6-7-5(10-11-6)2-3-9-7/h8-9H,2-4H2,1H3,(H,10,11). The Balaban J connectivity index is 2.27. The van der Waals surface area contributed by atoms with E-state index in [2.05, 4.69) is 20.8 Å². The summed E-state index contributed by atoms with van der Waals surface area (Å²) in [6, 6.07) is 0. The van der Waals surface area contributed by atoms with Crippen molar-refractivity contribution >= 4 is 5.69 Å². The van der Waals surface area contributed by atoms with Gasteiger partial charge < -0.3 is 10.6 Å². The molecule has 2 rings (SSSR count). The van der Waals surface area contributed by atoms with E-state index < -0.39 is 0 Å². The Bertz CT molecular complexity index is 253. The van der Waals surface area contributed by atoms with Crippen LogP contribution in [0.5, 0.6) is 0 Å². The van der Waals surface area contributed by atoms with Gasteiger partial charge in [-0.05, 0) is 7.05 Å². The molecule has 0 saturated heterocycles. The second-order valence-corrected chi connectivity index (χ2v) is 2.73. The van der Waals surface area contributed by atoms with Crippen LogP contribution in [0.3, 0.4) is 0 Å². The summed E-state index contributed by atoms with van der Waals surface area (Å²) in [5, 5.41) is 13.6. The van der Waals surface area contributed by atoms with Crippen LogP contribution in [0.25, 0.3) is 0 Å². The fraction of sp³-hybridized carbons (Fsp3) is 0.571. The highest BCUT2D eigenvalue weighted by atomic mass is 15.2. The number of nitrogens with one attached hydrogen (secondary N) is 3. The molecule has 0 amide bonds. The van der Waals surface area contributed by atoms with Gasteiger partial charge in [0.1, 0.15) is 0 Å². The Kier molecular flexibility index (Phi) is 1.54. The quantitative estimate of drug-likeness (QED) is 0.563. The van der Waals surface area contributed by atoms with Gasteiger partial charge in [-0.2, -0.15) is 5.10 Å². The SMILES string of the molecule is CNCc1n[nH]c2c1NCC2. The molecule has 0 fully saturated rings. The predicted octanol–water partition coefficient (Wildman–Crippen LogP) is 0.0971. The van der Waals surface area contributed by atoms with Gasteiger partial charge in [0.25, 0.3) is 0 Å². The summed E-state index contributed by atoms with van der Waals surface area (Å²) in [7, 11) is 1.93. The molecule has 2 heterocycles. The van der Waals surface area contributed by atoms with Crippen molar-refractivity contribution in [1.82, 2.24) is 15.5 Å². The fourth-order valence-corrected chi connectivity index (χ4v) is 1.42. The van der Waals surface area contributed by atoms with E-state index in [9.17, 15) is 0 Å². The number of H-pyrrole nitrogens is 1. The minimum absolute atomic E-state index is 0.832. The zero-order chi connectivity index (χ0) is 7.68. The molecule has 0 radical (unpaired) electrons. The Morgan fingerprint density at radius 3 is 3.36 bits per heavy atom. The molecule has 3 N–H and O–H groups in total. The van der Waals surface area contributed by atoms with Crippen molar-refractivity contribution in [2.24, 2.45) is 0 Å². The van der Waals surface area contributed by atoms with E-state index in [4.69, 9.17) is 0 Å². The highest BCUT2D eigenvalue weighted by Gasteiger charge is 2.16. The zero-order valence-electron chi connectivity index (χ0n) is 6.57. The van der Waals surface area contributed by atoms with Crippen LogP contribution in [0.4, 0.5) is 5.69 Å². The molecule has 0 saturated carbocycles. The Labute approximate surface area is 65.4 Å². The van der Waals surface area contributed by atoms with E-state index in [1.54, 1.807) is 0 Å². The molecule has 4 nitrogen and oxygen atoms in total. The number of hydrogen-bond donors (Lipinski definition) is 3. The van der Waals surface area contributed by atoms with E-state index in [0.717, 1.165) is 25.2 Å². The average molecular weight is 152 g/mol. The van der Waals surface area contributed by atoms with Gasteiger partial charge in [0.05, 0.1) is 17.1 Å². The molecule has 1 aliphatic heterocycles. The first-order valence-electron chi connectivity index (χ1n) is 3.86. The van der Waals surface area contributed by atoms with Crippen molar-refractivity contribution in [2.45, 2.75) is 13.0 Å². The first kappa shape index (κ1) is 6.67. The lowest BCUT2D eigenvalue weighted by molar-refractivity contribution is 0.780. The summed E-state index contributed by atoms with van der Waals surface area (Å²) < 4.78 is 0. The smallest absolute Gasteiger partial charge is 0.0993 e. The molecule has 1 aromatic rings. The largest absolute Gasteiger partial charge is 0.382 e. The fourth-order valence-electron chi connectivity index (χ4n) is 1.42. The van der Waals surface area contributed by atoms with Crippen molar-refractivity contribution in [3.8, 4) is 0 Å². The van der Waals surface area contributed by atoms with Gasteiger partial charge in [-0.25, -0.2) is 0 Å². The Morgan fingerprint density at radius 2 is 2.55 bits per heavy atom. The lowest BCUT2D eigenvalue weighted by atomic mass is 10.3. The van der Waals surface area contributed by atoms with Gasteiger partial charge in [0, 0.05) is 19.5 Å². The van der Waals surface area contributed by atoms with Gasteiger partial charge >= 0.3 is 0 Å². The van der Waals surface area contributed by atoms with Crippen LogP contribution in [0, 0.1) is 0 Å². The third-order valence-corrected chi connectivity index (χ3v) is 1.94. The maximum absolute atomic E-state index is 4.18. The van der Waals surface area contributed by atoms with Gasteiger partial charge in [-0.3, -0.25) is 5.10 Å².